The summed E-state index contributed by atoms with van der Waals surface area (Å²) < 4.78 is 9.67. The van der Waals surface area contributed by atoms with Crippen molar-refractivity contribution < 1.29 is 3.55 Å². The summed E-state index contributed by atoms with van der Waals surface area (Å²) in [6.45, 7) is 22.6. The number of para-hydroxylation sites is 2. The van der Waals surface area contributed by atoms with Gasteiger partial charge >= 0.3 is 288 Å². The fraction of sp³-hybridized carbons (Fsp3) is 0.341. The molecule has 0 aliphatic heterocycles. The maximum absolute atomic E-state index is 7.16. The van der Waals surface area contributed by atoms with Gasteiger partial charge in [0.05, 0.1) is 0 Å². The van der Waals surface area contributed by atoms with Crippen molar-refractivity contribution in [2.75, 3.05) is 3.86 Å². The predicted octanol–water partition coefficient (Wildman–Crippen LogP) is 11.3. The van der Waals surface area contributed by atoms with Crippen molar-refractivity contribution in [1.82, 2.24) is 0 Å². The molecule has 0 unspecified atom stereocenters. The van der Waals surface area contributed by atoms with Crippen LogP contribution in [0.1, 0.15) is 115 Å². The molecule has 5 heteroatoms. The summed E-state index contributed by atoms with van der Waals surface area (Å²) in [4.78, 5) is 5.31. The molecule has 0 heterocycles. The van der Waals surface area contributed by atoms with E-state index < -0.39 is 24.1 Å². The van der Waals surface area contributed by atoms with Gasteiger partial charge in [0.25, 0.3) is 0 Å². The van der Waals surface area contributed by atoms with Crippen molar-refractivity contribution in [1.29, 1.82) is 0 Å². The molecule has 240 valence electrons. The number of hydrogen-bond donors (Lipinski definition) is 0. The molecule has 0 fully saturated rings. The molecule has 0 amide bonds. The monoisotopic (exact) mass is 692 g/mol. The first-order valence-corrected chi connectivity index (χ1v) is 19.7. The van der Waals surface area contributed by atoms with E-state index in [0.717, 1.165) is 11.4 Å². The molecule has 0 atom stereocenters. The fourth-order valence-electron chi connectivity index (χ4n) is 5.74. The summed E-state index contributed by atoms with van der Waals surface area (Å²) in [6, 6.07) is 34.9. The number of nitrogens with zero attached hydrogens (tertiary/aromatic N) is 2. The number of allylic oxidation sites excluding steroid dienone is 2. The molecule has 0 N–H and O–H groups in total. The van der Waals surface area contributed by atoms with Crippen LogP contribution in [-0.4, -0.2) is 21.7 Å². The Labute approximate surface area is 287 Å². The first-order chi connectivity index (χ1) is 22.0. The van der Waals surface area contributed by atoms with E-state index in [-0.39, 0.29) is 0 Å². The van der Waals surface area contributed by atoms with Gasteiger partial charge in [-0.25, -0.2) is 0 Å². The molecule has 4 rings (SSSR count). The van der Waals surface area contributed by atoms with Crippen molar-refractivity contribution >= 4 is 51.8 Å². The number of aliphatic imine (C=N–C) groups is 1. The molecular formula is C41H51GeN2OP. The Morgan fingerprint density at radius 1 is 0.609 bits per heavy atom. The van der Waals surface area contributed by atoms with Crippen molar-refractivity contribution in [3.05, 3.63) is 131 Å². The van der Waals surface area contributed by atoms with E-state index in [1.807, 2.05) is 0 Å². The Morgan fingerprint density at radius 3 is 1.43 bits per heavy atom. The van der Waals surface area contributed by atoms with E-state index in [1.165, 1.54) is 44.2 Å². The standard InChI is InChI=1S/C41H51GeN2OP/c1-28(2)36-23-17-24-37(29(3)4)40(36)43-32(9)27-33(10)44(41-38(30(5)6)25-18-26-39(41)31(7)8)42-45-46(34-19-13-11-14-20-34)35-21-15-12-16-22-35/h11-31H,1-10H3/b33-27-,43-32?. The fourth-order valence-corrected chi connectivity index (χ4v) is 10.8. The van der Waals surface area contributed by atoms with Crippen molar-refractivity contribution in [2.45, 2.75) is 92.9 Å². The van der Waals surface area contributed by atoms with E-state index in [4.69, 9.17) is 8.54 Å². The van der Waals surface area contributed by atoms with Gasteiger partial charge in [0.2, 0.25) is 0 Å². The molecule has 3 nitrogen and oxygen atoms in total. The van der Waals surface area contributed by atoms with E-state index in [1.54, 1.807) is 0 Å². The second kappa shape index (κ2) is 16.7. The summed E-state index contributed by atoms with van der Waals surface area (Å²) in [6.07, 6.45) is 2.27. The SMILES string of the molecule is CC(/C=C(/C)[N]([Ge][O]P(c1ccccc1)c1ccccc1)c1c(C(C)C)cccc1C(C)C)=Nc1c(C(C)C)cccc1C(C)C. The summed E-state index contributed by atoms with van der Waals surface area (Å²) in [7, 11) is -0.975. The summed E-state index contributed by atoms with van der Waals surface area (Å²) in [5.74, 6) is 1.55. The Bertz CT molecular complexity index is 1540. The second-order valence-electron chi connectivity index (χ2n) is 13.2. The van der Waals surface area contributed by atoms with Gasteiger partial charge in [0.1, 0.15) is 0 Å². The van der Waals surface area contributed by atoms with Gasteiger partial charge in [-0.05, 0) is 0 Å². The quantitative estimate of drug-likeness (QED) is 0.0792. The van der Waals surface area contributed by atoms with Crippen molar-refractivity contribution in [2.24, 2.45) is 4.99 Å². The first-order valence-electron chi connectivity index (χ1n) is 16.6. The van der Waals surface area contributed by atoms with Crippen LogP contribution < -0.4 is 14.5 Å². The average Bonchev–Trinajstić information content (AvgIpc) is 3.03. The molecular weight excluding hydrogens is 640 g/mol. The minimum atomic E-state index is -1.11. The third-order valence-electron chi connectivity index (χ3n) is 8.17. The summed E-state index contributed by atoms with van der Waals surface area (Å²) >= 11 is -1.11. The van der Waals surface area contributed by atoms with Crippen LogP contribution in [-0.2, 0) is 3.55 Å². The zero-order valence-corrected chi connectivity index (χ0v) is 32.4. The molecule has 0 saturated heterocycles. The van der Waals surface area contributed by atoms with Crippen molar-refractivity contribution in [3.8, 4) is 0 Å². The number of benzene rings is 4. The molecule has 0 aliphatic rings. The molecule has 0 aromatic heterocycles. The number of hydrogen-bond acceptors (Lipinski definition) is 3. The van der Waals surface area contributed by atoms with E-state index in [0.29, 0.717) is 23.7 Å². The van der Waals surface area contributed by atoms with Gasteiger partial charge < -0.3 is 0 Å². The van der Waals surface area contributed by atoms with Crippen LogP contribution in [0.2, 0.25) is 0 Å². The minimum absolute atomic E-state index is 0.377. The summed E-state index contributed by atoms with van der Waals surface area (Å²) in [5.41, 5.74) is 9.91. The van der Waals surface area contributed by atoms with Crippen LogP contribution in [0.4, 0.5) is 11.4 Å². The van der Waals surface area contributed by atoms with Gasteiger partial charge in [0, 0.05) is 0 Å². The van der Waals surface area contributed by atoms with Crippen LogP contribution in [0, 0.1) is 0 Å². The molecule has 46 heavy (non-hydrogen) atoms. The summed E-state index contributed by atoms with van der Waals surface area (Å²) in [5, 5.41) is 2.47. The van der Waals surface area contributed by atoms with E-state index >= 15 is 0 Å². The Morgan fingerprint density at radius 2 is 1.02 bits per heavy atom. The Kier molecular flexibility index (Phi) is 13.0. The molecule has 0 spiro atoms. The topological polar surface area (TPSA) is 24.8 Å². The molecule has 2 radical (unpaired) electrons. The van der Waals surface area contributed by atoms with Crippen LogP contribution in [0.25, 0.3) is 0 Å². The third-order valence-corrected chi connectivity index (χ3v) is 13.2. The third kappa shape index (κ3) is 8.88. The van der Waals surface area contributed by atoms with Crippen molar-refractivity contribution in [3.63, 3.8) is 0 Å². The van der Waals surface area contributed by atoms with Crippen LogP contribution in [0.3, 0.4) is 0 Å². The van der Waals surface area contributed by atoms with E-state index in [9.17, 15) is 0 Å². The van der Waals surface area contributed by atoms with Gasteiger partial charge in [0.15, 0.2) is 0 Å². The van der Waals surface area contributed by atoms with E-state index in [2.05, 4.69) is 176 Å². The van der Waals surface area contributed by atoms with Crippen LogP contribution in [0.15, 0.2) is 114 Å². The molecule has 0 aliphatic carbocycles. The Hall–Kier alpha value is -2.98. The maximum atomic E-state index is 7.16. The molecule has 0 bridgehead atoms. The zero-order valence-electron chi connectivity index (χ0n) is 29.4. The van der Waals surface area contributed by atoms with Crippen LogP contribution in [0.5, 0.6) is 0 Å². The normalized spacial score (nSPS) is 12.7. The average molecular weight is 691 g/mol. The van der Waals surface area contributed by atoms with Gasteiger partial charge in [-0.2, -0.15) is 0 Å². The second-order valence-corrected chi connectivity index (χ2v) is 17.5. The zero-order chi connectivity index (χ0) is 33.4. The van der Waals surface area contributed by atoms with Gasteiger partial charge in [-0.3, -0.25) is 0 Å². The van der Waals surface area contributed by atoms with Gasteiger partial charge in [-0.15, -0.1) is 0 Å². The molecule has 0 saturated carbocycles. The molecule has 4 aromatic carbocycles. The molecule has 4 aromatic rings. The number of anilines is 1. The first kappa shape index (κ1) is 35.9. The Balaban J connectivity index is 1.85. The predicted molar refractivity (Wildman–Crippen MR) is 204 cm³/mol. The number of rotatable bonds is 13. The van der Waals surface area contributed by atoms with Gasteiger partial charge in [-0.1, -0.05) is 0 Å². The van der Waals surface area contributed by atoms with Crippen LogP contribution >= 0.6 is 8.15 Å².